The van der Waals surface area contributed by atoms with E-state index in [4.69, 9.17) is 0 Å². The number of anilines is 2. The van der Waals surface area contributed by atoms with Gasteiger partial charge in [0.1, 0.15) is 24.0 Å². The van der Waals surface area contributed by atoms with Gasteiger partial charge in [0.2, 0.25) is 0 Å². The fourth-order valence-corrected chi connectivity index (χ4v) is 2.84. The quantitative estimate of drug-likeness (QED) is 0.593. The highest BCUT2D eigenvalue weighted by molar-refractivity contribution is 5.92. The number of halogens is 2. The lowest BCUT2D eigenvalue weighted by Gasteiger charge is -2.08. The minimum Gasteiger partial charge on any atom is -0.339 e. The molecule has 0 saturated heterocycles. The fraction of sp³-hybridized carbons (Fsp3) is 0.105. The third kappa shape index (κ3) is 2.99. The van der Waals surface area contributed by atoms with Gasteiger partial charge in [-0.15, -0.1) is 0 Å². The summed E-state index contributed by atoms with van der Waals surface area (Å²) in [4.78, 5) is 8.78. The van der Waals surface area contributed by atoms with Gasteiger partial charge in [0, 0.05) is 18.1 Å². The van der Waals surface area contributed by atoms with Crippen molar-refractivity contribution in [1.29, 1.82) is 0 Å². The Morgan fingerprint density at radius 2 is 1.88 bits per heavy atom. The number of hydrogen-bond donors (Lipinski definition) is 1. The van der Waals surface area contributed by atoms with Crippen LogP contribution in [-0.4, -0.2) is 19.7 Å². The summed E-state index contributed by atoms with van der Waals surface area (Å²) >= 11 is 0. The number of fused-ring (bicyclic) bond motifs is 1. The number of aryl methyl sites for hydroxylation is 1. The Morgan fingerprint density at radius 3 is 2.65 bits per heavy atom. The molecule has 0 radical (unpaired) electrons. The minimum atomic E-state index is -0.500. The van der Waals surface area contributed by atoms with Crippen molar-refractivity contribution < 1.29 is 8.78 Å². The minimum absolute atomic E-state index is 0.332. The largest absolute Gasteiger partial charge is 0.339 e. The van der Waals surface area contributed by atoms with Crippen LogP contribution in [0.3, 0.4) is 0 Å². The Balaban J connectivity index is 1.71. The van der Waals surface area contributed by atoms with Crippen LogP contribution in [0.5, 0.6) is 0 Å². The van der Waals surface area contributed by atoms with Gasteiger partial charge in [0.25, 0.3) is 0 Å². The second-order valence-corrected chi connectivity index (χ2v) is 5.88. The number of nitrogens with one attached hydrogen (secondary N) is 1. The molecule has 5 nitrogen and oxygen atoms in total. The molecule has 0 aliphatic rings. The Bertz CT molecular complexity index is 1070. The summed E-state index contributed by atoms with van der Waals surface area (Å²) in [5.41, 5.74) is 3.33. The van der Waals surface area contributed by atoms with E-state index in [0.29, 0.717) is 33.7 Å². The van der Waals surface area contributed by atoms with Crippen LogP contribution in [0.2, 0.25) is 0 Å². The first-order valence-corrected chi connectivity index (χ1v) is 8.00. The van der Waals surface area contributed by atoms with Crippen molar-refractivity contribution >= 4 is 22.4 Å². The van der Waals surface area contributed by atoms with Crippen molar-refractivity contribution in [3.8, 4) is 11.4 Å². The lowest BCUT2D eigenvalue weighted by Crippen LogP contribution is -2.00. The molecule has 4 aromatic rings. The summed E-state index contributed by atoms with van der Waals surface area (Å²) in [7, 11) is 1.78. The first kappa shape index (κ1) is 16.1. The first-order chi connectivity index (χ1) is 12.6. The van der Waals surface area contributed by atoms with Gasteiger partial charge in [-0.2, -0.15) is 5.10 Å². The van der Waals surface area contributed by atoms with Gasteiger partial charge in [-0.25, -0.2) is 13.8 Å². The molecule has 0 atom stereocenters. The molecule has 0 fully saturated rings. The molecule has 0 bridgehead atoms. The summed E-state index contributed by atoms with van der Waals surface area (Å²) in [5, 5.41) is 8.20. The Hall–Kier alpha value is -3.35. The molecule has 2 aromatic heterocycles. The van der Waals surface area contributed by atoms with Crippen LogP contribution < -0.4 is 5.32 Å². The fourth-order valence-electron chi connectivity index (χ4n) is 2.84. The molecule has 0 saturated carbocycles. The molecular weight excluding hydrogens is 336 g/mol. The van der Waals surface area contributed by atoms with E-state index in [1.807, 2.05) is 0 Å². The van der Waals surface area contributed by atoms with E-state index in [0.717, 1.165) is 5.69 Å². The zero-order chi connectivity index (χ0) is 18.1. The van der Waals surface area contributed by atoms with Crippen molar-refractivity contribution in [3.05, 3.63) is 66.2 Å². The lowest BCUT2D eigenvalue weighted by atomic mass is 10.1. The molecule has 0 unspecified atom stereocenters. The van der Waals surface area contributed by atoms with E-state index in [1.165, 1.54) is 12.1 Å². The number of aromatic nitrogens is 4. The number of alkyl halides is 1. The van der Waals surface area contributed by atoms with Crippen LogP contribution in [0.25, 0.3) is 22.3 Å². The highest BCUT2D eigenvalue weighted by Gasteiger charge is 2.14. The highest BCUT2D eigenvalue weighted by Crippen LogP contribution is 2.28. The molecule has 26 heavy (non-hydrogen) atoms. The number of hydrogen-bond acceptors (Lipinski definition) is 4. The summed E-state index contributed by atoms with van der Waals surface area (Å²) in [6.07, 6.45) is 3.20. The van der Waals surface area contributed by atoms with Gasteiger partial charge in [-0.1, -0.05) is 12.1 Å². The summed E-state index contributed by atoms with van der Waals surface area (Å²) in [5.74, 6) is 0.197. The standard InChI is InChI=1S/C19H15F2N5/c1-26-19(15-8-13(21)4-7-16(15)25-26)17-10-22-11-18(24-17)23-14-5-2-12(9-20)3-6-14/h2-8,10-11H,9H2,1H3,(H,23,24). The molecule has 0 amide bonds. The Labute approximate surface area is 148 Å². The molecule has 0 aliphatic heterocycles. The van der Waals surface area contributed by atoms with Gasteiger partial charge < -0.3 is 5.32 Å². The van der Waals surface area contributed by atoms with E-state index >= 15 is 0 Å². The third-order valence-corrected chi connectivity index (χ3v) is 4.05. The van der Waals surface area contributed by atoms with E-state index < -0.39 is 6.67 Å². The molecule has 2 heterocycles. The number of benzene rings is 2. The molecular formula is C19H15F2N5. The van der Waals surface area contributed by atoms with E-state index in [9.17, 15) is 8.78 Å². The lowest BCUT2D eigenvalue weighted by molar-refractivity contribution is 0.485. The third-order valence-electron chi connectivity index (χ3n) is 4.05. The Kier molecular flexibility index (Phi) is 4.04. The zero-order valence-electron chi connectivity index (χ0n) is 13.9. The van der Waals surface area contributed by atoms with Crippen molar-refractivity contribution in [2.75, 3.05) is 5.32 Å². The maximum absolute atomic E-state index is 13.7. The van der Waals surface area contributed by atoms with Crippen LogP contribution in [0, 0.1) is 5.82 Å². The van der Waals surface area contributed by atoms with Crippen LogP contribution in [-0.2, 0) is 13.7 Å². The smallest absolute Gasteiger partial charge is 0.149 e. The summed E-state index contributed by atoms with van der Waals surface area (Å²) < 4.78 is 27.9. The molecule has 0 spiro atoms. The van der Waals surface area contributed by atoms with Gasteiger partial charge in [0.15, 0.2) is 0 Å². The van der Waals surface area contributed by atoms with Crippen molar-refractivity contribution in [1.82, 2.24) is 19.7 Å². The second-order valence-electron chi connectivity index (χ2n) is 5.88. The second kappa shape index (κ2) is 6.51. The number of nitrogens with zero attached hydrogens (tertiary/aromatic N) is 4. The van der Waals surface area contributed by atoms with Gasteiger partial charge in [-0.05, 0) is 35.9 Å². The van der Waals surface area contributed by atoms with E-state index in [-0.39, 0.29) is 5.82 Å². The van der Waals surface area contributed by atoms with Gasteiger partial charge in [-0.3, -0.25) is 9.67 Å². The molecule has 7 heteroatoms. The van der Waals surface area contributed by atoms with Gasteiger partial charge in [0.05, 0.1) is 23.6 Å². The monoisotopic (exact) mass is 351 g/mol. The predicted octanol–water partition coefficient (Wildman–Crippen LogP) is 4.38. The summed E-state index contributed by atoms with van der Waals surface area (Å²) in [6, 6.07) is 11.4. The van der Waals surface area contributed by atoms with Crippen molar-refractivity contribution in [2.45, 2.75) is 6.67 Å². The molecule has 1 N–H and O–H groups in total. The molecule has 130 valence electrons. The first-order valence-electron chi connectivity index (χ1n) is 8.00. The average Bonchev–Trinajstić information content (AvgIpc) is 2.97. The number of rotatable bonds is 4. The maximum Gasteiger partial charge on any atom is 0.149 e. The normalized spacial score (nSPS) is 11.0. The van der Waals surface area contributed by atoms with Crippen molar-refractivity contribution in [2.24, 2.45) is 7.05 Å². The average molecular weight is 351 g/mol. The van der Waals surface area contributed by atoms with E-state index in [2.05, 4.69) is 20.4 Å². The maximum atomic E-state index is 13.7. The molecule has 0 aliphatic carbocycles. The molecule has 2 aromatic carbocycles. The van der Waals surface area contributed by atoms with Gasteiger partial charge >= 0.3 is 0 Å². The SMILES string of the molecule is Cn1nc2ccc(F)cc2c1-c1cncc(Nc2ccc(CF)cc2)n1. The highest BCUT2D eigenvalue weighted by atomic mass is 19.1. The van der Waals surface area contributed by atoms with Crippen molar-refractivity contribution in [3.63, 3.8) is 0 Å². The van der Waals surface area contributed by atoms with E-state index in [1.54, 1.807) is 54.5 Å². The predicted molar refractivity (Wildman–Crippen MR) is 96.2 cm³/mol. The van der Waals surface area contributed by atoms with Crippen LogP contribution >= 0.6 is 0 Å². The zero-order valence-corrected chi connectivity index (χ0v) is 13.9. The van der Waals surface area contributed by atoms with Crippen LogP contribution in [0.4, 0.5) is 20.3 Å². The summed E-state index contributed by atoms with van der Waals surface area (Å²) in [6.45, 7) is -0.500. The molecule has 4 rings (SSSR count). The van der Waals surface area contributed by atoms with Crippen LogP contribution in [0.15, 0.2) is 54.9 Å². The van der Waals surface area contributed by atoms with Crippen LogP contribution in [0.1, 0.15) is 5.56 Å². The topological polar surface area (TPSA) is 55.6 Å². The Morgan fingerprint density at radius 1 is 1.08 bits per heavy atom.